The summed E-state index contributed by atoms with van der Waals surface area (Å²) in [5.74, 6) is 1.60. The van der Waals surface area contributed by atoms with Gasteiger partial charge < -0.3 is 15.3 Å². The Morgan fingerprint density at radius 3 is 2.28 bits per heavy atom. The van der Waals surface area contributed by atoms with Crippen LogP contribution in [0.1, 0.15) is 91.0 Å². The average Bonchev–Trinajstić information content (AvgIpc) is 3.46. The molecule has 2 aromatic rings. The predicted molar refractivity (Wildman–Crippen MR) is 134 cm³/mol. The maximum Gasteiger partial charge on any atom is 0.226 e. The van der Waals surface area contributed by atoms with Crippen LogP contribution in [0.2, 0.25) is 5.28 Å². The van der Waals surface area contributed by atoms with E-state index in [9.17, 15) is 0 Å². The van der Waals surface area contributed by atoms with Crippen LogP contribution in [0.5, 0.6) is 0 Å². The number of halogens is 1. The minimum atomic E-state index is 0.288. The van der Waals surface area contributed by atoms with Gasteiger partial charge in [-0.2, -0.15) is 9.97 Å². The van der Waals surface area contributed by atoms with Gasteiger partial charge in [0.05, 0.1) is 6.33 Å². The number of nitrogens with zero attached hydrogens (tertiary/aromatic N) is 5. The molecular formula is C24H42ClN7. The molecule has 7 nitrogen and oxygen atoms in total. The van der Waals surface area contributed by atoms with E-state index in [4.69, 9.17) is 11.6 Å². The lowest BCUT2D eigenvalue weighted by Gasteiger charge is -2.32. The fraction of sp³-hybridized carbons (Fsp3) is 0.792. The fourth-order valence-electron chi connectivity index (χ4n) is 4.79. The lowest BCUT2D eigenvalue weighted by molar-refractivity contribution is 0.209. The molecular weight excluding hydrogens is 422 g/mol. The second kappa shape index (κ2) is 13.3. The van der Waals surface area contributed by atoms with Gasteiger partial charge in [0.1, 0.15) is 0 Å². The number of aromatic nitrogens is 4. The molecule has 0 aromatic carbocycles. The number of nitrogens with one attached hydrogen (secondary N) is 2. The molecule has 180 valence electrons. The van der Waals surface area contributed by atoms with E-state index in [1.165, 1.54) is 77.3 Å². The number of hydrazine groups is 1. The second-order valence-corrected chi connectivity index (χ2v) is 9.52. The van der Waals surface area contributed by atoms with Crippen molar-refractivity contribution in [3.63, 3.8) is 0 Å². The molecule has 0 unspecified atom stereocenters. The zero-order chi connectivity index (χ0) is 22.8. The minimum Gasteiger partial charge on any atom is -0.317 e. The number of imidazole rings is 1. The van der Waals surface area contributed by atoms with E-state index in [1.54, 1.807) is 0 Å². The molecule has 2 aromatic heterocycles. The van der Waals surface area contributed by atoms with Gasteiger partial charge in [-0.25, -0.2) is 9.99 Å². The molecule has 1 saturated carbocycles. The second-order valence-electron chi connectivity index (χ2n) is 9.18. The summed E-state index contributed by atoms with van der Waals surface area (Å²) in [6.07, 6.45) is 14.4. The van der Waals surface area contributed by atoms with Crippen LogP contribution in [0.15, 0.2) is 6.33 Å². The Labute approximate surface area is 198 Å². The van der Waals surface area contributed by atoms with Crippen molar-refractivity contribution in [2.75, 3.05) is 31.6 Å². The van der Waals surface area contributed by atoms with Crippen molar-refractivity contribution >= 4 is 28.6 Å². The summed E-state index contributed by atoms with van der Waals surface area (Å²) in [7, 11) is 0. The standard InChI is InChI=1S/C18H27ClN6.C6H15N/c1-2-5-13-8-10-24(11-9-13)23-16-15-17(22-18(19)21-16)25(12-20-15)14-6-3-4-7-14;1-3-5-7-6-4-2/h12-14H,2-11H2,1H3,(H,21,22,23);7H,3-6H2,1-2H3. The van der Waals surface area contributed by atoms with Crippen molar-refractivity contribution in [3.05, 3.63) is 11.6 Å². The van der Waals surface area contributed by atoms with Crippen molar-refractivity contribution in [2.24, 2.45) is 5.92 Å². The van der Waals surface area contributed by atoms with E-state index in [1.807, 2.05) is 6.33 Å². The zero-order valence-electron chi connectivity index (χ0n) is 20.2. The van der Waals surface area contributed by atoms with Gasteiger partial charge in [0, 0.05) is 19.1 Å². The highest BCUT2D eigenvalue weighted by Gasteiger charge is 2.23. The number of hydrogen-bond donors (Lipinski definition) is 2. The maximum absolute atomic E-state index is 6.22. The van der Waals surface area contributed by atoms with E-state index in [0.29, 0.717) is 6.04 Å². The molecule has 32 heavy (non-hydrogen) atoms. The molecule has 1 aliphatic carbocycles. The molecule has 0 radical (unpaired) electrons. The Morgan fingerprint density at radius 2 is 1.66 bits per heavy atom. The monoisotopic (exact) mass is 463 g/mol. The third-order valence-electron chi connectivity index (χ3n) is 6.54. The van der Waals surface area contributed by atoms with E-state index >= 15 is 0 Å². The molecule has 4 rings (SSSR count). The molecule has 0 spiro atoms. The Kier molecular flexibility index (Phi) is 10.5. The molecule has 1 saturated heterocycles. The minimum absolute atomic E-state index is 0.288. The van der Waals surface area contributed by atoms with Crippen molar-refractivity contribution in [1.82, 2.24) is 29.8 Å². The highest BCUT2D eigenvalue weighted by Crippen LogP contribution is 2.33. The molecule has 0 atom stereocenters. The number of rotatable bonds is 9. The first-order valence-electron chi connectivity index (χ1n) is 12.8. The lowest BCUT2D eigenvalue weighted by Crippen LogP contribution is -2.38. The summed E-state index contributed by atoms with van der Waals surface area (Å²) in [5.41, 5.74) is 5.14. The average molecular weight is 464 g/mol. The van der Waals surface area contributed by atoms with Crippen molar-refractivity contribution in [1.29, 1.82) is 0 Å². The summed E-state index contributed by atoms with van der Waals surface area (Å²) in [6.45, 7) is 11.1. The van der Waals surface area contributed by atoms with Crippen LogP contribution >= 0.6 is 11.6 Å². The van der Waals surface area contributed by atoms with E-state index in [-0.39, 0.29) is 5.28 Å². The van der Waals surface area contributed by atoms with Gasteiger partial charge in [0.15, 0.2) is 17.0 Å². The van der Waals surface area contributed by atoms with Crippen molar-refractivity contribution in [2.45, 2.75) is 91.0 Å². The van der Waals surface area contributed by atoms with Gasteiger partial charge in [-0.15, -0.1) is 0 Å². The number of anilines is 1. The lowest BCUT2D eigenvalue weighted by atomic mass is 9.93. The molecule has 1 aliphatic heterocycles. The van der Waals surface area contributed by atoms with Gasteiger partial charge in [-0.1, -0.05) is 46.5 Å². The third-order valence-corrected chi connectivity index (χ3v) is 6.71. The summed E-state index contributed by atoms with van der Waals surface area (Å²) >= 11 is 6.22. The van der Waals surface area contributed by atoms with Crippen LogP contribution in [0.25, 0.3) is 11.2 Å². The Morgan fingerprint density at radius 1 is 0.969 bits per heavy atom. The van der Waals surface area contributed by atoms with Gasteiger partial charge >= 0.3 is 0 Å². The van der Waals surface area contributed by atoms with Crippen LogP contribution in [-0.2, 0) is 0 Å². The van der Waals surface area contributed by atoms with Gasteiger partial charge in [-0.3, -0.25) is 0 Å². The van der Waals surface area contributed by atoms with Crippen LogP contribution in [0.3, 0.4) is 0 Å². The van der Waals surface area contributed by atoms with Crippen LogP contribution in [0.4, 0.5) is 5.82 Å². The number of fused-ring (bicyclic) bond motifs is 1. The molecule has 2 fully saturated rings. The van der Waals surface area contributed by atoms with Crippen molar-refractivity contribution in [3.8, 4) is 0 Å². The molecule has 3 heterocycles. The van der Waals surface area contributed by atoms with Crippen LogP contribution in [-0.4, -0.2) is 50.7 Å². The fourth-order valence-corrected chi connectivity index (χ4v) is 4.95. The van der Waals surface area contributed by atoms with E-state index in [2.05, 4.69) is 56.0 Å². The normalized spacial score (nSPS) is 18.1. The molecule has 0 amide bonds. The highest BCUT2D eigenvalue weighted by molar-refractivity contribution is 6.28. The summed E-state index contributed by atoms with van der Waals surface area (Å²) in [4.78, 5) is 13.5. The summed E-state index contributed by atoms with van der Waals surface area (Å²) < 4.78 is 2.19. The Hall–Kier alpha value is -1.44. The SMILES string of the molecule is CCCC1CCN(Nc2nc(Cl)nc3c2ncn3C2CCCC2)CC1.CCCNCCC. The first kappa shape index (κ1) is 25.2. The quantitative estimate of drug-likeness (QED) is 0.360. The van der Waals surface area contributed by atoms with Gasteiger partial charge in [-0.05, 0) is 69.1 Å². The zero-order valence-corrected chi connectivity index (χ0v) is 21.0. The third kappa shape index (κ3) is 7.03. The number of hydrogen-bond acceptors (Lipinski definition) is 6. The highest BCUT2D eigenvalue weighted by atomic mass is 35.5. The summed E-state index contributed by atoms with van der Waals surface area (Å²) in [5, 5.41) is 5.82. The first-order chi connectivity index (χ1) is 15.7. The van der Waals surface area contributed by atoms with Crippen LogP contribution < -0.4 is 10.7 Å². The topological polar surface area (TPSA) is 70.9 Å². The largest absolute Gasteiger partial charge is 0.317 e. The van der Waals surface area contributed by atoms with Crippen molar-refractivity contribution < 1.29 is 0 Å². The predicted octanol–water partition coefficient (Wildman–Crippen LogP) is 5.83. The molecule has 2 N–H and O–H groups in total. The Balaban J connectivity index is 0.000000360. The molecule has 2 aliphatic rings. The summed E-state index contributed by atoms with van der Waals surface area (Å²) in [6, 6.07) is 0.494. The van der Waals surface area contributed by atoms with E-state index < -0.39 is 0 Å². The Bertz CT molecular complexity index is 791. The van der Waals surface area contributed by atoms with Gasteiger partial charge in [0.25, 0.3) is 0 Å². The van der Waals surface area contributed by atoms with Gasteiger partial charge in [0.2, 0.25) is 5.28 Å². The smallest absolute Gasteiger partial charge is 0.226 e. The molecule has 8 heteroatoms. The van der Waals surface area contributed by atoms with Crippen LogP contribution in [0, 0.1) is 5.92 Å². The van der Waals surface area contributed by atoms with E-state index in [0.717, 1.165) is 36.0 Å². The molecule has 0 bridgehead atoms. The maximum atomic E-state index is 6.22. The first-order valence-corrected chi connectivity index (χ1v) is 13.2. The number of piperidine rings is 1.